The molecular formula is C23H25N3O2. The van der Waals surface area contributed by atoms with Crippen LogP contribution in [-0.4, -0.2) is 22.8 Å². The van der Waals surface area contributed by atoms with E-state index in [0.29, 0.717) is 5.69 Å². The number of ether oxygens (including phenoxy) is 1. The summed E-state index contributed by atoms with van der Waals surface area (Å²) in [6.07, 6.45) is 4.11. The van der Waals surface area contributed by atoms with Gasteiger partial charge in [-0.2, -0.15) is 5.10 Å². The van der Waals surface area contributed by atoms with Crippen molar-refractivity contribution in [3.63, 3.8) is 0 Å². The molecule has 4 rings (SSSR count). The minimum absolute atomic E-state index is 0.0992. The van der Waals surface area contributed by atoms with Gasteiger partial charge in [0.15, 0.2) is 0 Å². The fourth-order valence-corrected chi connectivity index (χ4v) is 4.06. The van der Waals surface area contributed by atoms with Crippen LogP contribution in [0.5, 0.6) is 5.75 Å². The van der Waals surface area contributed by atoms with Crippen molar-refractivity contribution in [3.8, 4) is 5.75 Å². The van der Waals surface area contributed by atoms with Crippen molar-refractivity contribution < 1.29 is 9.53 Å². The Morgan fingerprint density at radius 2 is 1.79 bits per heavy atom. The van der Waals surface area contributed by atoms with Crippen LogP contribution in [0.2, 0.25) is 0 Å². The van der Waals surface area contributed by atoms with E-state index in [1.807, 2.05) is 61.6 Å². The standard InChI is InChI=1S/C23H25N3O2/c1-26-22(17-12-6-8-14-19(17)25-26)23(27)24-21(16-10-4-3-5-11-16)18-13-7-9-15-20(18)28-2/h3-5,7,9-11,13,15,21H,6,8,12,14H2,1-2H3,(H,24,27)/t21-/m1/s1. The smallest absolute Gasteiger partial charge is 0.270 e. The molecule has 0 bridgehead atoms. The van der Waals surface area contributed by atoms with Crippen molar-refractivity contribution >= 4 is 5.91 Å². The largest absolute Gasteiger partial charge is 0.496 e. The molecule has 1 aromatic heterocycles. The number of benzene rings is 2. The first-order valence-electron chi connectivity index (χ1n) is 9.72. The van der Waals surface area contributed by atoms with E-state index in [1.165, 1.54) is 0 Å². The predicted octanol–water partition coefficient (Wildman–Crippen LogP) is 3.83. The summed E-state index contributed by atoms with van der Waals surface area (Å²) in [6, 6.07) is 17.5. The fourth-order valence-electron chi connectivity index (χ4n) is 4.06. The van der Waals surface area contributed by atoms with Gasteiger partial charge in [0.05, 0.1) is 18.8 Å². The van der Waals surface area contributed by atoms with Crippen molar-refractivity contribution in [1.82, 2.24) is 15.1 Å². The summed E-state index contributed by atoms with van der Waals surface area (Å²) in [5.41, 5.74) is 4.77. The number of para-hydroxylation sites is 1. The monoisotopic (exact) mass is 375 g/mol. The lowest BCUT2D eigenvalue weighted by Gasteiger charge is -2.22. The highest BCUT2D eigenvalue weighted by atomic mass is 16.5. The molecule has 2 aromatic carbocycles. The van der Waals surface area contributed by atoms with Crippen molar-refractivity contribution in [3.05, 3.63) is 82.7 Å². The second-order valence-electron chi connectivity index (χ2n) is 7.16. The van der Waals surface area contributed by atoms with Crippen molar-refractivity contribution in [1.29, 1.82) is 0 Å². The third kappa shape index (κ3) is 3.40. The molecule has 5 heteroatoms. The molecule has 0 saturated heterocycles. The van der Waals surface area contributed by atoms with Crippen LogP contribution >= 0.6 is 0 Å². The average molecular weight is 375 g/mol. The van der Waals surface area contributed by atoms with E-state index in [1.54, 1.807) is 11.8 Å². The van der Waals surface area contributed by atoms with E-state index in [2.05, 4.69) is 10.4 Å². The first-order chi connectivity index (χ1) is 13.7. The summed E-state index contributed by atoms with van der Waals surface area (Å²) in [5.74, 6) is 0.654. The third-order valence-corrected chi connectivity index (χ3v) is 5.39. The molecule has 3 aromatic rings. The molecule has 0 saturated carbocycles. The van der Waals surface area contributed by atoms with Gasteiger partial charge in [0.2, 0.25) is 0 Å². The number of nitrogens with zero attached hydrogens (tertiary/aromatic N) is 2. The Kier molecular flexibility index (Phi) is 5.15. The molecule has 1 N–H and O–H groups in total. The number of nitrogens with one attached hydrogen (secondary N) is 1. The van der Waals surface area contributed by atoms with Crippen LogP contribution in [0.25, 0.3) is 0 Å². The number of carbonyl (C=O) groups excluding carboxylic acids is 1. The van der Waals surface area contributed by atoms with Gasteiger partial charge in [-0.3, -0.25) is 9.48 Å². The number of fused-ring (bicyclic) bond motifs is 1. The number of carbonyl (C=O) groups is 1. The first kappa shape index (κ1) is 18.3. The van der Waals surface area contributed by atoms with E-state index in [9.17, 15) is 4.79 Å². The van der Waals surface area contributed by atoms with Gasteiger partial charge in [-0.05, 0) is 37.3 Å². The normalized spacial score (nSPS) is 14.2. The molecule has 0 fully saturated rings. The van der Waals surface area contributed by atoms with E-state index in [-0.39, 0.29) is 11.9 Å². The molecule has 1 heterocycles. The summed E-state index contributed by atoms with van der Waals surface area (Å²) in [4.78, 5) is 13.3. The molecule has 5 nitrogen and oxygen atoms in total. The number of aryl methyl sites for hydroxylation is 2. The molecular weight excluding hydrogens is 350 g/mol. The minimum atomic E-state index is -0.306. The van der Waals surface area contributed by atoms with Crippen LogP contribution in [0, 0.1) is 0 Å². The van der Waals surface area contributed by atoms with Gasteiger partial charge in [0.25, 0.3) is 5.91 Å². The lowest BCUT2D eigenvalue weighted by molar-refractivity contribution is 0.0932. The zero-order valence-electron chi connectivity index (χ0n) is 16.3. The highest BCUT2D eigenvalue weighted by Crippen LogP contribution is 2.31. The Hall–Kier alpha value is -3.08. The molecule has 0 radical (unpaired) electrons. The Morgan fingerprint density at radius 3 is 2.57 bits per heavy atom. The predicted molar refractivity (Wildman–Crippen MR) is 109 cm³/mol. The topological polar surface area (TPSA) is 56.1 Å². The zero-order valence-corrected chi connectivity index (χ0v) is 16.3. The number of hydrogen-bond acceptors (Lipinski definition) is 3. The van der Waals surface area contributed by atoms with Crippen molar-refractivity contribution in [2.75, 3.05) is 7.11 Å². The molecule has 1 aliphatic rings. The van der Waals surface area contributed by atoms with Gasteiger partial charge in [0.1, 0.15) is 11.4 Å². The van der Waals surface area contributed by atoms with Gasteiger partial charge >= 0.3 is 0 Å². The van der Waals surface area contributed by atoms with E-state index in [4.69, 9.17) is 4.74 Å². The van der Waals surface area contributed by atoms with E-state index in [0.717, 1.165) is 53.8 Å². The van der Waals surface area contributed by atoms with Crippen LogP contribution in [0.15, 0.2) is 54.6 Å². The summed E-state index contributed by atoms with van der Waals surface area (Å²) in [7, 11) is 3.51. The van der Waals surface area contributed by atoms with Gasteiger partial charge < -0.3 is 10.1 Å². The van der Waals surface area contributed by atoms with Gasteiger partial charge in [-0.1, -0.05) is 48.5 Å². The van der Waals surface area contributed by atoms with Crippen molar-refractivity contribution in [2.45, 2.75) is 31.7 Å². The minimum Gasteiger partial charge on any atom is -0.496 e. The van der Waals surface area contributed by atoms with Gasteiger partial charge in [-0.25, -0.2) is 0 Å². The maximum Gasteiger partial charge on any atom is 0.270 e. The van der Waals surface area contributed by atoms with Crippen LogP contribution < -0.4 is 10.1 Å². The van der Waals surface area contributed by atoms with Crippen molar-refractivity contribution in [2.24, 2.45) is 7.05 Å². The summed E-state index contributed by atoms with van der Waals surface area (Å²) in [6.45, 7) is 0. The lowest BCUT2D eigenvalue weighted by Crippen LogP contribution is -2.32. The molecule has 0 spiro atoms. The maximum atomic E-state index is 13.3. The zero-order chi connectivity index (χ0) is 19.5. The Balaban J connectivity index is 1.73. The highest BCUT2D eigenvalue weighted by molar-refractivity contribution is 5.95. The average Bonchev–Trinajstić information content (AvgIpc) is 3.08. The van der Waals surface area contributed by atoms with Gasteiger partial charge in [-0.15, -0.1) is 0 Å². The summed E-state index contributed by atoms with van der Waals surface area (Å²) >= 11 is 0. The maximum absolute atomic E-state index is 13.3. The molecule has 1 amide bonds. The molecule has 144 valence electrons. The van der Waals surface area contributed by atoms with Crippen LogP contribution in [0.3, 0.4) is 0 Å². The summed E-state index contributed by atoms with van der Waals surface area (Å²) in [5, 5.41) is 7.83. The first-order valence-corrected chi connectivity index (χ1v) is 9.72. The van der Waals surface area contributed by atoms with Crippen LogP contribution in [0.1, 0.15) is 51.8 Å². The van der Waals surface area contributed by atoms with Gasteiger partial charge in [0, 0.05) is 18.2 Å². The van der Waals surface area contributed by atoms with Crippen LogP contribution in [-0.2, 0) is 19.9 Å². The van der Waals surface area contributed by atoms with E-state index < -0.39 is 0 Å². The number of hydrogen-bond donors (Lipinski definition) is 1. The number of methoxy groups -OCH3 is 1. The Morgan fingerprint density at radius 1 is 1.07 bits per heavy atom. The third-order valence-electron chi connectivity index (χ3n) is 5.39. The second-order valence-corrected chi connectivity index (χ2v) is 7.16. The lowest BCUT2D eigenvalue weighted by atomic mass is 9.94. The molecule has 1 atom stereocenters. The number of aromatic nitrogens is 2. The molecule has 28 heavy (non-hydrogen) atoms. The number of amides is 1. The Bertz CT molecular complexity index is 979. The molecule has 0 aliphatic heterocycles. The van der Waals surface area contributed by atoms with E-state index >= 15 is 0 Å². The number of rotatable bonds is 5. The second kappa shape index (κ2) is 7.89. The molecule has 0 unspecified atom stereocenters. The quantitative estimate of drug-likeness (QED) is 0.737. The SMILES string of the molecule is COc1ccccc1[C@H](NC(=O)c1c2c(nn1C)CCCC2)c1ccccc1. The Labute approximate surface area is 165 Å². The highest BCUT2D eigenvalue weighted by Gasteiger charge is 2.27. The fraction of sp³-hybridized carbons (Fsp3) is 0.304. The summed E-state index contributed by atoms with van der Waals surface area (Å²) < 4.78 is 7.30. The molecule has 1 aliphatic carbocycles. The van der Waals surface area contributed by atoms with Crippen LogP contribution in [0.4, 0.5) is 0 Å².